The third-order valence-electron chi connectivity index (χ3n) is 2.92. The number of nitrogens with one attached hydrogen (secondary N) is 1. The Morgan fingerprint density at radius 3 is 3.27 bits per heavy atom. The number of hydrogen-bond donors (Lipinski definition) is 1. The minimum atomic E-state index is -0.182. The van der Waals surface area contributed by atoms with Crippen molar-refractivity contribution in [2.75, 3.05) is 13.7 Å². The van der Waals surface area contributed by atoms with E-state index in [4.69, 9.17) is 4.74 Å². The van der Waals surface area contributed by atoms with Crippen LogP contribution in [0.25, 0.3) is 0 Å². The van der Waals surface area contributed by atoms with Crippen molar-refractivity contribution in [1.82, 2.24) is 15.1 Å². The van der Waals surface area contributed by atoms with Gasteiger partial charge in [-0.25, -0.2) is 0 Å². The lowest BCUT2D eigenvalue weighted by atomic mass is 10.1. The van der Waals surface area contributed by atoms with Gasteiger partial charge in [0, 0.05) is 30.8 Å². The van der Waals surface area contributed by atoms with Crippen LogP contribution in [0.3, 0.4) is 0 Å². The fraction of sp³-hybridized carbons (Fsp3) is 0.600. The van der Waals surface area contributed by atoms with E-state index in [0.29, 0.717) is 0 Å². The highest BCUT2D eigenvalue weighted by molar-refractivity contribution is 5.75. The van der Waals surface area contributed by atoms with Crippen LogP contribution < -0.4 is 0 Å². The molecule has 1 unspecified atom stereocenters. The van der Waals surface area contributed by atoms with Gasteiger partial charge in [-0.15, -0.1) is 0 Å². The molecule has 0 aromatic carbocycles. The van der Waals surface area contributed by atoms with Gasteiger partial charge in [-0.3, -0.25) is 14.8 Å². The highest BCUT2D eigenvalue weighted by atomic mass is 16.5. The van der Waals surface area contributed by atoms with Gasteiger partial charge in [0.2, 0.25) is 0 Å². The van der Waals surface area contributed by atoms with E-state index < -0.39 is 0 Å². The number of nitrogens with zero attached hydrogens (tertiary/aromatic N) is 2. The van der Waals surface area contributed by atoms with E-state index in [0.717, 1.165) is 19.5 Å². The zero-order valence-electron chi connectivity index (χ0n) is 8.99. The summed E-state index contributed by atoms with van der Waals surface area (Å²) in [5.74, 6) is -0.179. The van der Waals surface area contributed by atoms with Crippen molar-refractivity contribution in [1.29, 1.82) is 0 Å². The van der Waals surface area contributed by atoms with E-state index in [1.807, 2.05) is 13.1 Å². The molecule has 0 bridgehead atoms. The van der Waals surface area contributed by atoms with Gasteiger partial charge in [0.15, 0.2) is 0 Å². The van der Waals surface area contributed by atoms with E-state index in [1.165, 1.54) is 18.4 Å². The summed E-state index contributed by atoms with van der Waals surface area (Å²) in [7, 11) is 1.42. The van der Waals surface area contributed by atoms with E-state index in [1.54, 1.807) is 0 Å². The Balaban J connectivity index is 2.06. The number of aromatic amines is 1. The van der Waals surface area contributed by atoms with Crippen LogP contribution in [0.5, 0.6) is 0 Å². The maximum atomic E-state index is 11.4. The summed E-state index contributed by atoms with van der Waals surface area (Å²) in [6.07, 6.45) is 2.74. The molecule has 0 saturated heterocycles. The summed E-state index contributed by atoms with van der Waals surface area (Å²) in [5.41, 5.74) is 2.36. The fourth-order valence-corrected chi connectivity index (χ4v) is 1.89. The normalized spacial score (nSPS) is 18.3. The molecule has 1 aromatic heterocycles. The Morgan fingerprint density at radius 1 is 1.73 bits per heavy atom. The Labute approximate surface area is 88.4 Å². The molecule has 0 fully saturated rings. The van der Waals surface area contributed by atoms with Crippen LogP contribution in [0.2, 0.25) is 0 Å². The van der Waals surface area contributed by atoms with E-state index in [9.17, 15) is 4.79 Å². The fourth-order valence-electron chi connectivity index (χ4n) is 1.89. The second-order valence-electron chi connectivity index (χ2n) is 3.79. The molecule has 15 heavy (non-hydrogen) atoms. The number of fused-ring (bicyclic) bond motifs is 1. The largest absolute Gasteiger partial charge is 0.468 e. The molecule has 0 radical (unpaired) electrons. The number of H-pyrrole nitrogens is 1. The zero-order chi connectivity index (χ0) is 10.8. The molecule has 0 saturated carbocycles. The molecule has 2 heterocycles. The van der Waals surface area contributed by atoms with Gasteiger partial charge in [-0.05, 0) is 6.92 Å². The van der Waals surface area contributed by atoms with Crippen molar-refractivity contribution in [2.24, 2.45) is 0 Å². The Hall–Kier alpha value is -1.36. The molecule has 5 nitrogen and oxygen atoms in total. The first-order valence-electron chi connectivity index (χ1n) is 5.05. The summed E-state index contributed by atoms with van der Waals surface area (Å²) in [4.78, 5) is 13.5. The molecule has 0 spiro atoms. The molecule has 1 aromatic rings. The number of carbonyl (C=O) groups is 1. The number of methoxy groups -OCH3 is 1. The number of rotatable bonds is 2. The number of aromatic nitrogens is 2. The van der Waals surface area contributed by atoms with Crippen LogP contribution in [-0.2, 0) is 22.5 Å². The molecule has 1 N–H and O–H groups in total. The zero-order valence-corrected chi connectivity index (χ0v) is 8.99. The third-order valence-corrected chi connectivity index (χ3v) is 2.92. The SMILES string of the molecule is COC(=O)C(C)N1CCc2[nH]ncc2C1. The van der Waals surface area contributed by atoms with Crippen LogP contribution in [0.4, 0.5) is 0 Å². The van der Waals surface area contributed by atoms with Gasteiger partial charge in [0.1, 0.15) is 6.04 Å². The van der Waals surface area contributed by atoms with Gasteiger partial charge in [0.05, 0.1) is 13.3 Å². The first-order chi connectivity index (χ1) is 7.22. The number of carbonyl (C=O) groups excluding carboxylic acids is 1. The molecule has 0 aliphatic carbocycles. The predicted molar refractivity (Wildman–Crippen MR) is 54.2 cm³/mol. The van der Waals surface area contributed by atoms with Crippen molar-refractivity contribution < 1.29 is 9.53 Å². The molecular weight excluding hydrogens is 194 g/mol. The summed E-state index contributed by atoms with van der Waals surface area (Å²) < 4.78 is 4.73. The molecule has 2 rings (SSSR count). The molecular formula is C10H15N3O2. The van der Waals surface area contributed by atoms with Gasteiger partial charge >= 0.3 is 5.97 Å². The second-order valence-corrected chi connectivity index (χ2v) is 3.79. The summed E-state index contributed by atoms with van der Waals surface area (Å²) >= 11 is 0. The molecule has 1 aliphatic rings. The number of hydrogen-bond acceptors (Lipinski definition) is 4. The average Bonchev–Trinajstić information content (AvgIpc) is 2.73. The van der Waals surface area contributed by atoms with Crippen molar-refractivity contribution in [2.45, 2.75) is 25.9 Å². The van der Waals surface area contributed by atoms with Gasteiger partial charge in [-0.2, -0.15) is 5.10 Å². The highest BCUT2D eigenvalue weighted by Crippen LogP contribution is 2.18. The predicted octanol–water partition coefficient (Wildman–Crippen LogP) is 0.329. The maximum Gasteiger partial charge on any atom is 0.322 e. The van der Waals surface area contributed by atoms with Crippen molar-refractivity contribution in [3.8, 4) is 0 Å². The topological polar surface area (TPSA) is 58.2 Å². The molecule has 82 valence electrons. The second kappa shape index (κ2) is 4.02. The van der Waals surface area contributed by atoms with E-state index in [-0.39, 0.29) is 12.0 Å². The van der Waals surface area contributed by atoms with Crippen molar-refractivity contribution >= 4 is 5.97 Å². The number of ether oxygens (including phenoxy) is 1. The van der Waals surface area contributed by atoms with Crippen LogP contribution in [-0.4, -0.2) is 40.8 Å². The Bertz CT molecular complexity index is 361. The molecule has 1 aliphatic heterocycles. The van der Waals surface area contributed by atoms with Crippen LogP contribution in [0, 0.1) is 0 Å². The van der Waals surface area contributed by atoms with Crippen molar-refractivity contribution in [3.05, 3.63) is 17.5 Å². The lowest BCUT2D eigenvalue weighted by molar-refractivity contribution is -0.146. The Kier molecular flexibility index (Phi) is 2.73. The van der Waals surface area contributed by atoms with Crippen LogP contribution in [0.1, 0.15) is 18.2 Å². The maximum absolute atomic E-state index is 11.4. The quantitative estimate of drug-likeness (QED) is 0.713. The first-order valence-corrected chi connectivity index (χ1v) is 5.05. The van der Waals surface area contributed by atoms with E-state index in [2.05, 4.69) is 15.1 Å². The smallest absolute Gasteiger partial charge is 0.322 e. The van der Waals surface area contributed by atoms with Gasteiger partial charge < -0.3 is 4.74 Å². The third kappa shape index (κ3) is 1.87. The van der Waals surface area contributed by atoms with Crippen molar-refractivity contribution in [3.63, 3.8) is 0 Å². The minimum Gasteiger partial charge on any atom is -0.468 e. The van der Waals surface area contributed by atoms with Crippen LogP contribution in [0.15, 0.2) is 6.20 Å². The minimum absolute atomic E-state index is 0.179. The molecule has 0 amide bonds. The lowest BCUT2D eigenvalue weighted by Gasteiger charge is -2.30. The summed E-state index contributed by atoms with van der Waals surface area (Å²) in [6, 6.07) is -0.182. The van der Waals surface area contributed by atoms with Crippen LogP contribution >= 0.6 is 0 Å². The first kappa shape index (κ1) is 10.2. The average molecular weight is 209 g/mol. The monoisotopic (exact) mass is 209 g/mol. The van der Waals surface area contributed by atoms with Gasteiger partial charge in [-0.1, -0.05) is 0 Å². The standard InChI is InChI=1S/C10H15N3O2/c1-7(10(14)15-2)13-4-3-9-8(6-13)5-11-12-9/h5,7H,3-4,6H2,1-2H3,(H,11,12). The highest BCUT2D eigenvalue weighted by Gasteiger charge is 2.26. The van der Waals surface area contributed by atoms with E-state index >= 15 is 0 Å². The summed E-state index contributed by atoms with van der Waals surface area (Å²) in [5, 5.41) is 6.96. The Morgan fingerprint density at radius 2 is 2.53 bits per heavy atom. The number of esters is 1. The summed E-state index contributed by atoms with van der Waals surface area (Å²) in [6.45, 7) is 3.50. The molecule has 1 atom stereocenters. The van der Waals surface area contributed by atoms with Gasteiger partial charge in [0.25, 0.3) is 0 Å². The lowest BCUT2D eigenvalue weighted by Crippen LogP contribution is -2.42. The molecule has 5 heteroatoms.